The van der Waals surface area contributed by atoms with Crippen LogP contribution in [0.15, 0.2) is 27.7 Å². The molecule has 3 heterocycles. The Bertz CT molecular complexity index is 1020. The number of hydrogen-bond donors (Lipinski definition) is 0. The molecule has 0 saturated heterocycles. The Morgan fingerprint density at radius 3 is 2.78 bits per heavy atom. The first-order valence-electron chi connectivity index (χ1n) is 12.7. The Morgan fingerprint density at radius 2 is 2.03 bits per heavy atom. The number of methoxy groups -OCH3 is 1. The Hall–Kier alpha value is -2.88. The summed E-state index contributed by atoms with van der Waals surface area (Å²) in [6.07, 6.45) is 6.66. The molecule has 0 bridgehead atoms. The highest BCUT2D eigenvalue weighted by atomic mass is 19.3. The fourth-order valence-corrected chi connectivity index (χ4v) is 4.91. The highest BCUT2D eigenvalue weighted by Gasteiger charge is 2.22. The zero-order valence-electron chi connectivity index (χ0n) is 20.7. The number of nitrogens with zero attached hydrogens (tertiary/aromatic N) is 4. The van der Waals surface area contributed by atoms with Crippen molar-refractivity contribution in [2.24, 2.45) is 16.8 Å². The summed E-state index contributed by atoms with van der Waals surface area (Å²) in [5.41, 5.74) is 2.14. The van der Waals surface area contributed by atoms with E-state index in [1.807, 2.05) is 12.3 Å². The highest BCUT2D eigenvalue weighted by Crippen LogP contribution is 2.30. The molecule has 2 aliphatic rings. The molecule has 8 nitrogen and oxygen atoms in total. The van der Waals surface area contributed by atoms with Crippen molar-refractivity contribution < 1.29 is 27.6 Å². The van der Waals surface area contributed by atoms with Gasteiger partial charge >= 0.3 is 0 Å². The quantitative estimate of drug-likeness (QED) is 0.449. The summed E-state index contributed by atoms with van der Waals surface area (Å²) in [5.74, 6) is 1.88. The summed E-state index contributed by atoms with van der Waals surface area (Å²) in [6, 6.07) is 5.25. The molecule has 2 aromatic heterocycles. The number of fused-ring (bicyclic) bond motifs is 1. The molecule has 1 saturated carbocycles. The minimum Gasteiger partial charge on any atom is -0.479 e. The van der Waals surface area contributed by atoms with E-state index in [0.717, 1.165) is 70.3 Å². The van der Waals surface area contributed by atoms with Crippen molar-refractivity contribution in [1.29, 1.82) is 0 Å². The predicted octanol–water partition coefficient (Wildman–Crippen LogP) is 4.16. The number of amides is 1. The van der Waals surface area contributed by atoms with E-state index in [9.17, 15) is 13.6 Å². The van der Waals surface area contributed by atoms with Gasteiger partial charge in [0.05, 0.1) is 13.5 Å². The van der Waals surface area contributed by atoms with Gasteiger partial charge in [-0.2, -0.15) is 0 Å². The number of aromatic nitrogens is 2. The Kier molecular flexibility index (Phi) is 9.38. The van der Waals surface area contributed by atoms with E-state index in [4.69, 9.17) is 14.0 Å². The standard InChI is InChI=1S/C26H34F2N4O4/c1-34-26-15-21(36-31-26)14-24(33)29-16-19-4-2-18(3-5-19)8-11-32-12-9-20-6-7-25(35-17-23(27)28)30-22(20)10-13-32/h6-7,15-16,18-19,23H,2-5,8-14,17H2,1H3/b29-16+. The summed E-state index contributed by atoms with van der Waals surface area (Å²) in [6.45, 7) is 2.32. The molecule has 36 heavy (non-hydrogen) atoms. The normalized spacial score (nSPS) is 20.9. The van der Waals surface area contributed by atoms with Crippen molar-refractivity contribution in [3.05, 3.63) is 35.2 Å². The van der Waals surface area contributed by atoms with Crippen LogP contribution < -0.4 is 9.47 Å². The number of ether oxygens (including phenoxy) is 2. The first-order chi connectivity index (χ1) is 17.5. The maximum absolute atomic E-state index is 12.4. The maximum atomic E-state index is 12.4. The van der Waals surface area contributed by atoms with Crippen LogP contribution >= 0.6 is 0 Å². The fraction of sp³-hybridized carbons (Fsp3) is 0.615. The number of alkyl halides is 2. The van der Waals surface area contributed by atoms with Crippen LogP contribution in [-0.4, -0.2) is 66.9 Å². The minimum absolute atomic E-state index is 0.0848. The Balaban J connectivity index is 1.15. The van der Waals surface area contributed by atoms with E-state index >= 15 is 0 Å². The van der Waals surface area contributed by atoms with E-state index in [1.54, 1.807) is 12.1 Å². The van der Waals surface area contributed by atoms with Gasteiger partial charge in [-0.3, -0.25) is 4.79 Å². The lowest BCUT2D eigenvalue weighted by atomic mass is 9.81. The topological polar surface area (TPSA) is 90.0 Å². The average Bonchev–Trinajstić information content (AvgIpc) is 3.24. The monoisotopic (exact) mass is 504 g/mol. The lowest BCUT2D eigenvalue weighted by Gasteiger charge is -2.28. The summed E-state index contributed by atoms with van der Waals surface area (Å²) in [5, 5.41) is 3.69. The third-order valence-electron chi connectivity index (χ3n) is 7.01. The molecule has 0 aromatic carbocycles. The molecule has 1 aliphatic heterocycles. The van der Waals surface area contributed by atoms with Crippen LogP contribution in [0.3, 0.4) is 0 Å². The van der Waals surface area contributed by atoms with Gasteiger partial charge in [-0.05, 0) is 67.6 Å². The van der Waals surface area contributed by atoms with Crippen LogP contribution in [0.2, 0.25) is 0 Å². The molecule has 0 N–H and O–H groups in total. The van der Waals surface area contributed by atoms with Crippen LogP contribution in [0, 0.1) is 11.8 Å². The predicted molar refractivity (Wildman–Crippen MR) is 130 cm³/mol. The van der Waals surface area contributed by atoms with E-state index < -0.39 is 13.0 Å². The first kappa shape index (κ1) is 26.2. The van der Waals surface area contributed by atoms with Crippen LogP contribution in [0.4, 0.5) is 8.78 Å². The fourth-order valence-electron chi connectivity index (χ4n) is 4.91. The molecule has 4 rings (SSSR count). The molecule has 1 aliphatic carbocycles. The van der Waals surface area contributed by atoms with Crippen molar-refractivity contribution in [3.8, 4) is 11.8 Å². The zero-order chi connectivity index (χ0) is 25.3. The largest absolute Gasteiger partial charge is 0.479 e. The second-order valence-electron chi connectivity index (χ2n) is 9.55. The summed E-state index contributed by atoms with van der Waals surface area (Å²) in [4.78, 5) is 23.2. The van der Waals surface area contributed by atoms with Gasteiger partial charge in [0.2, 0.25) is 5.88 Å². The smallest absolute Gasteiger partial charge is 0.272 e. The molecule has 0 unspecified atom stereocenters. The minimum atomic E-state index is -2.50. The summed E-state index contributed by atoms with van der Waals surface area (Å²) >= 11 is 0. The van der Waals surface area contributed by atoms with E-state index in [0.29, 0.717) is 23.5 Å². The molecular formula is C26H34F2N4O4. The molecule has 0 atom stereocenters. The molecular weight excluding hydrogens is 470 g/mol. The summed E-state index contributed by atoms with van der Waals surface area (Å²) < 4.78 is 39.9. The number of hydrogen-bond acceptors (Lipinski definition) is 7. The van der Waals surface area contributed by atoms with Crippen LogP contribution in [0.1, 0.15) is 49.1 Å². The number of carbonyl (C=O) groups is 1. The lowest BCUT2D eigenvalue weighted by Crippen LogP contribution is -2.29. The van der Waals surface area contributed by atoms with Gasteiger partial charge in [0, 0.05) is 43.6 Å². The third kappa shape index (κ3) is 7.81. The van der Waals surface area contributed by atoms with Gasteiger partial charge in [-0.25, -0.2) is 18.8 Å². The van der Waals surface area contributed by atoms with Gasteiger partial charge in [-0.15, -0.1) is 0 Å². The van der Waals surface area contributed by atoms with Gasteiger partial charge < -0.3 is 18.9 Å². The second kappa shape index (κ2) is 12.9. The van der Waals surface area contributed by atoms with Gasteiger partial charge in [-0.1, -0.05) is 6.07 Å². The average molecular weight is 505 g/mol. The van der Waals surface area contributed by atoms with E-state index in [-0.39, 0.29) is 18.2 Å². The zero-order valence-corrected chi connectivity index (χ0v) is 20.7. The van der Waals surface area contributed by atoms with Gasteiger partial charge in [0.25, 0.3) is 18.2 Å². The van der Waals surface area contributed by atoms with E-state index in [2.05, 4.69) is 20.0 Å². The number of pyridine rings is 1. The molecule has 1 amide bonds. The van der Waals surface area contributed by atoms with Crippen molar-refractivity contribution >= 4 is 12.1 Å². The third-order valence-corrected chi connectivity index (χ3v) is 7.01. The number of aliphatic imine (C=N–C) groups is 1. The number of rotatable bonds is 10. The molecule has 0 spiro atoms. The highest BCUT2D eigenvalue weighted by molar-refractivity contribution is 5.86. The maximum Gasteiger partial charge on any atom is 0.272 e. The van der Waals surface area contributed by atoms with Crippen LogP contribution in [0.25, 0.3) is 0 Å². The van der Waals surface area contributed by atoms with Gasteiger partial charge in [0.1, 0.15) is 5.76 Å². The lowest BCUT2D eigenvalue weighted by molar-refractivity contribution is -0.117. The number of carbonyl (C=O) groups excluding carboxylic acids is 1. The van der Waals surface area contributed by atoms with Crippen molar-refractivity contribution in [2.45, 2.75) is 57.8 Å². The van der Waals surface area contributed by atoms with Crippen molar-refractivity contribution in [2.75, 3.05) is 33.4 Å². The first-order valence-corrected chi connectivity index (χ1v) is 12.7. The van der Waals surface area contributed by atoms with Gasteiger partial charge in [0.15, 0.2) is 6.61 Å². The molecule has 196 valence electrons. The SMILES string of the molecule is COc1cc(CC(=O)/N=C/C2CCC(CCN3CCc4ccc(OCC(F)F)nc4CC3)CC2)on1. The number of halogens is 2. The Labute approximate surface area is 210 Å². The second-order valence-corrected chi connectivity index (χ2v) is 9.55. The molecule has 1 fully saturated rings. The molecule has 2 aromatic rings. The Morgan fingerprint density at radius 1 is 1.22 bits per heavy atom. The molecule has 0 radical (unpaired) electrons. The van der Waals surface area contributed by atoms with Crippen molar-refractivity contribution in [3.63, 3.8) is 0 Å². The van der Waals surface area contributed by atoms with Crippen LogP contribution in [-0.2, 0) is 24.1 Å². The summed E-state index contributed by atoms with van der Waals surface area (Å²) in [7, 11) is 1.50. The molecule has 10 heteroatoms. The van der Waals surface area contributed by atoms with Crippen LogP contribution in [0.5, 0.6) is 11.8 Å². The van der Waals surface area contributed by atoms with Crippen molar-refractivity contribution in [1.82, 2.24) is 15.0 Å². The van der Waals surface area contributed by atoms with E-state index in [1.165, 1.54) is 12.7 Å².